The monoisotopic (exact) mass is 626 g/mol. The van der Waals surface area contributed by atoms with Gasteiger partial charge in [-0.3, -0.25) is 4.79 Å². The molecule has 3 aromatic rings. The van der Waals surface area contributed by atoms with Crippen molar-refractivity contribution in [3.63, 3.8) is 0 Å². The molecule has 0 aliphatic carbocycles. The van der Waals surface area contributed by atoms with Crippen LogP contribution in [0.2, 0.25) is 15.1 Å². The molecule has 0 spiro atoms. The van der Waals surface area contributed by atoms with Crippen LogP contribution in [0.25, 0.3) is 6.08 Å². The van der Waals surface area contributed by atoms with Crippen LogP contribution >= 0.6 is 57.4 Å². The largest absolute Gasteiger partial charge is 0.490 e. The Labute approximate surface area is 226 Å². The summed E-state index contributed by atoms with van der Waals surface area (Å²) in [5, 5.41) is 13.3. The van der Waals surface area contributed by atoms with E-state index in [9.17, 15) is 10.1 Å². The minimum absolute atomic E-state index is 0.126. The van der Waals surface area contributed by atoms with Crippen molar-refractivity contribution < 1.29 is 14.3 Å². The van der Waals surface area contributed by atoms with Gasteiger partial charge in [0.2, 0.25) is 0 Å². The Balaban J connectivity index is 1.88. The summed E-state index contributed by atoms with van der Waals surface area (Å²) in [6.45, 7) is 2.52. The van der Waals surface area contributed by atoms with E-state index in [-0.39, 0.29) is 27.9 Å². The fourth-order valence-electron chi connectivity index (χ4n) is 2.95. The zero-order valence-electron chi connectivity index (χ0n) is 17.9. The van der Waals surface area contributed by atoms with E-state index in [1.54, 1.807) is 36.4 Å². The van der Waals surface area contributed by atoms with Crippen molar-refractivity contribution in [3.8, 4) is 17.6 Å². The van der Waals surface area contributed by atoms with Crippen LogP contribution in [-0.2, 0) is 11.4 Å². The predicted molar refractivity (Wildman–Crippen MR) is 145 cm³/mol. The highest BCUT2D eigenvalue weighted by molar-refractivity contribution is 14.1. The first-order valence-electron chi connectivity index (χ1n) is 10.0. The molecule has 0 bridgehead atoms. The molecule has 0 saturated heterocycles. The summed E-state index contributed by atoms with van der Waals surface area (Å²) < 4.78 is 12.5. The van der Waals surface area contributed by atoms with Gasteiger partial charge in [0.15, 0.2) is 11.5 Å². The quantitative estimate of drug-likeness (QED) is 0.157. The molecule has 3 rings (SSSR count). The average molecular weight is 628 g/mol. The van der Waals surface area contributed by atoms with E-state index in [4.69, 9.17) is 44.3 Å². The van der Waals surface area contributed by atoms with Gasteiger partial charge in [-0.1, -0.05) is 59.1 Å². The van der Waals surface area contributed by atoms with E-state index in [2.05, 4.69) is 27.9 Å². The third kappa shape index (κ3) is 6.57. The Hall–Kier alpha value is -2.44. The maximum absolute atomic E-state index is 12.7. The maximum Gasteiger partial charge on any atom is 0.266 e. The Morgan fingerprint density at radius 1 is 1.06 bits per heavy atom. The average Bonchev–Trinajstić information content (AvgIpc) is 2.80. The van der Waals surface area contributed by atoms with Gasteiger partial charge < -0.3 is 14.8 Å². The number of para-hydroxylation sites is 1. The first-order valence-corrected chi connectivity index (χ1v) is 12.2. The second-order valence-corrected chi connectivity index (χ2v) is 9.25. The van der Waals surface area contributed by atoms with E-state index in [1.807, 2.05) is 31.2 Å². The molecule has 1 N–H and O–H groups in total. The number of anilines is 1. The Bertz CT molecular complexity index is 1270. The Morgan fingerprint density at radius 3 is 2.38 bits per heavy atom. The van der Waals surface area contributed by atoms with Crippen LogP contribution < -0.4 is 14.8 Å². The highest BCUT2D eigenvalue weighted by Crippen LogP contribution is 2.36. The number of hydrogen-bond acceptors (Lipinski definition) is 4. The normalized spacial score (nSPS) is 11.0. The van der Waals surface area contributed by atoms with Gasteiger partial charge in [0.25, 0.3) is 5.91 Å². The molecule has 1 amide bonds. The van der Waals surface area contributed by atoms with Gasteiger partial charge in [-0.15, -0.1) is 0 Å². The number of benzene rings is 3. The Kier molecular flexibility index (Phi) is 9.48. The summed E-state index contributed by atoms with van der Waals surface area (Å²) >= 11 is 20.6. The van der Waals surface area contributed by atoms with Crippen molar-refractivity contribution in [2.24, 2.45) is 0 Å². The summed E-state index contributed by atoms with van der Waals surface area (Å²) in [5.41, 5.74) is 1.55. The second kappa shape index (κ2) is 12.3. The molecule has 0 unspecified atom stereocenters. The molecule has 34 heavy (non-hydrogen) atoms. The van der Waals surface area contributed by atoms with Crippen molar-refractivity contribution in [2.45, 2.75) is 13.5 Å². The van der Waals surface area contributed by atoms with E-state index >= 15 is 0 Å². The molecule has 0 fully saturated rings. The van der Waals surface area contributed by atoms with Crippen LogP contribution in [0, 0.1) is 14.9 Å². The number of nitrogens with zero attached hydrogens (tertiary/aromatic N) is 1. The molecule has 0 heterocycles. The van der Waals surface area contributed by atoms with Crippen LogP contribution in [0.3, 0.4) is 0 Å². The lowest BCUT2D eigenvalue weighted by Gasteiger charge is -2.15. The lowest BCUT2D eigenvalue weighted by atomic mass is 10.1. The molecule has 5 nitrogen and oxygen atoms in total. The van der Waals surface area contributed by atoms with Gasteiger partial charge in [-0.2, -0.15) is 5.26 Å². The summed E-state index contributed by atoms with van der Waals surface area (Å²) in [7, 11) is 0. The third-order valence-corrected chi connectivity index (χ3v) is 6.34. The van der Waals surface area contributed by atoms with E-state index in [0.29, 0.717) is 28.7 Å². The third-order valence-electron chi connectivity index (χ3n) is 4.54. The van der Waals surface area contributed by atoms with Crippen molar-refractivity contribution in [2.75, 3.05) is 11.9 Å². The number of nitrogens with one attached hydrogen (secondary N) is 1. The first-order chi connectivity index (χ1) is 16.3. The molecular formula is C25H18Cl3IN2O3. The van der Waals surface area contributed by atoms with Crippen molar-refractivity contribution >= 4 is 75.1 Å². The highest BCUT2D eigenvalue weighted by Gasteiger charge is 2.16. The summed E-state index contributed by atoms with van der Waals surface area (Å²) in [4.78, 5) is 12.7. The fourth-order valence-corrected chi connectivity index (χ4v) is 4.42. The van der Waals surface area contributed by atoms with Gasteiger partial charge in [-0.25, -0.2) is 0 Å². The van der Waals surface area contributed by atoms with E-state index in [1.165, 1.54) is 6.08 Å². The smallest absolute Gasteiger partial charge is 0.266 e. The second-order valence-electron chi connectivity index (χ2n) is 6.86. The molecule has 0 radical (unpaired) electrons. The van der Waals surface area contributed by atoms with Crippen molar-refractivity contribution in [3.05, 3.63) is 89.9 Å². The lowest BCUT2D eigenvalue weighted by molar-refractivity contribution is -0.112. The number of carbonyl (C=O) groups is 1. The van der Waals surface area contributed by atoms with Crippen LogP contribution in [0.5, 0.6) is 11.5 Å². The minimum atomic E-state index is -0.635. The molecule has 9 heteroatoms. The van der Waals surface area contributed by atoms with Crippen LogP contribution in [0.15, 0.2) is 60.2 Å². The minimum Gasteiger partial charge on any atom is -0.490 e. The predicted octanol–water partition coefficient (Wildman–Crippen LogP) is 7.77. The van der Waals surface area contributed by atoms with Gasteiger partial charge in [0.1, 0.15) is 18.2 Å². The fraction of sp³-hybridized carbons (Fsp3) is 0.120. The molecule has 0 aliphatic rings. The number of nitriles is 1. The summed E-state index contributed by atoms with van der Waals surface area (Å²) in [6, 6.07) is 17.7. The molecule has 0 atom stereocenters. The standard InChI is InChI=1S/C25H18Cl3IN2O3/c1-2-33-22-12-15(11-21(29)24(22)34-14-16-6-3-4-7-18(16)26)10-17(13-30)25(32)31-23-19(27)8-5-9-20(23)28/h3-12H,2,14H2,1H3,(H,31,32)/b17-10+. The van der Waals surface area contributed by atoms with Gasteiger partial charge in [0.05, 0.1) is 25.9 Å². The lowest BCUT2D eigenvalue weighted by Crippen LogP contribution is -2.14. The van der Waals surface area contributed by atoms with Crippen LogP contribution in [0.1, 0.15) is 18.1 Å². The summed E-state index contributed by atoms with van der Waals surface area (Å²) in [5.74, 6) is 0.398. The molecule has 3 aromatic carbocycles. The van der Waals surface area contributed by atoms with Crippen LogP contribution in [-0.4, -0.2) is 12.5 Å². The van der Waals surface area contributed by atoms with E-state index in [0.717, 1.165) is 9.13 Å². The zero-order chi connectivity index (χ0) is 24.7. The molecule has 0 saturated carbocycles. The van der Waals surface area contributed by atoms with Gasteiger partial charge >= 0.3 is 0 Å². The maximum atomic E-state index is 12.7. The van der Waals surface area contributed by atoms with Crippen molar-refractivity contribution in [1.29, 1.82) is 5.26 Å². The topological polar surface area (TPSA) is 71.3 Å². The van der Waals surface area contributed by atoms with Crippen LogP contribution in [0.4, 0.5) is 5.69 Å². The highest BCUT2D eigenvalue weighted by atomic mass is 127. The summed E-state index contributed by atoms with van der Waals surface area (Å²) in [6.07, 6.45) is 1.46. The SMILES string of the molecule is CCOc1cc(/C=C(\C#N)C(=O)Nc2c(Cl)cccc2Cl)cc(I)c1OCc1ccccc1Cl. The zero-order valence-corrected chi connectivity index (χ0v) is 22.3. The molecule has 0 aromatic heterocycles. The molecular weight excluding hydrogens is 610 g/mol. The number of ether oxygens (including phenoxy) is 2. The number of hydrogen-bond donors (Lipinski definition) is 1. The van der Waals surface area contributed by atoms with E-state index < -0.39 is 5.91 Å². The number of amides is 1. The first kappa shape index (κ1) is 26.2. The Morgan fingerprint density at radius 2 is 1.74 bits per heavy atom. The number of carbonyl (C=O) groups excluding carboxylic acids is 1. The molecule has 174 valence electrons. The number of halogens is 4. The van der Waals surface area contributed by atoms with Gasteiger partial charge in [-0.05, 0) is 71.5 Å². The molecule has 0 aliphatic heterocycles. The van der Waals surface area contributed by atoms with Crippen molar-refractivity contribution in [1.82, 2.24) is 0 Å². The number of rotatable bonds is 8. The van der Waals surface area contributed by atoms with Gasteiger partial charge in [0, 0.05) is 10.6 Å².